The van der Waals surface area contributed by atoms with Crippen LogP contribution < -0.4 is 5.73 Å². The van der Waals surface area contributed by atoms with Crippen LogP contribution in [-0.2, 0) is 0 Å². The third-order valence-corrected chi connectivity index (χ3v) is 4.36. The molecule has 2 rings (SSSR count). The van der Waals surface area contributed by atoms with E-state index in [1.54, 1.807) is 0 Å². The van der Waals surface area contributed by atoms with Crippen molar-refractivity contribution in [3.05, 3.63) is 0 Å². The van der Waals surface area contributed by atoms with Gasteiger partial charge in [0.15, 0.2) is 0 Å². The Morgan fingerprint density at radius 3 is 2.75 bits per heavy atom. The minimum absolute atomic E-state index is 0.514. The molecule has 0 radical (unpaired) electrons. The zero-order chi connectivity index (χ0) is 8.39. The van der Waals surface area contributed by atoms with Crippen molar-refractivity contribution in [2.75, 3.05) is 11.5 Å². The van der Waals surface area contributed by atoms with E-state index in [1.165, 1.54) is 43.6 Å². The summed E-state index contributed by atoms with van der Waals surface area (Å²) in [6.45, 7) is 0. The fraction of sp³-hybridized carbons (Fsp3) is 1.00. The fourth-order valence-corrected chi connectivity index (χ4v) is 3.31. The first-order valence-electron chi connectivity index (χ1n) is 5.19. The number of hydrogen-bond acceptors (Lipinski definition) is 2. The van der Waals surface area contributed by atoms with Gasteiger partial charge in [0, 0.05) is 6.04 Å². The maximum atomic E-state index is 6.14. The predicted molar refractivity (Wildman–Crippen MR) is 55.4 cm³/mol. The summed E-state index contributed by atoms with van der Waals surface area (Å²) in [5, 5.41) is 0. The van der Waals surface area contributed by atoms with Gasteiger partial charge < -0.3 is 5.73 Å². The van der Waals surface area contributed by atoms with E-state index < -0.39 is 0 Å². The van der Waals surface area contributed by atoms with E-state index in [0.29, 0.717) is 6.04 Å². The van der Waals surface area contributed by atoms with Crippen LogP contribution in [0.3, 0.4) is 0 Å². The lowest BCUT2D eigenvalue weighted by molar-refractivity contribution is 0.421. The van der Waals surface area contributed by atoms with E-state index in [0.717, 1.165) is 11.8 Å². The number of thioether (sulfide) groups is 1. The molecule has 1 heterocycles. The minimum atomic E-state index is 0.514. The van der Waals surface area contributed by atoms with Crippen molar-refractivity contribution in [3.8, 4) is 0 Å². The van der Waals surface area contributed by atoms with E-state index >= 15 is 0 Å². The second kappa shape index (κ2) is 4.01. The van der Waals surface area contributed by atoms with Gasteiger partial charge in [0.05, 0.1) is 0 Å². The highest BCUT2D eigenvalue weighted by atomic mass is 32.2. The van der Waals surface area contributed by atoms with Gasteiger partial charge in [0.2, 0.25) is 0 Å². The summed E-state index contributed by atoms with van der Waals surface area (Å²) in [5.41, 5.74) is 6.14. The van der Waals surface area contributed by atoms with Crippen molar-refractivity contribution < 1.29 is 0 Å². The first-order chi connectivity index (χ1) is 5.86. The Morgan fingerprint density at radius 1 is 1.33 bits per heavy atom. The highest BCUT2D eigenvalue weighted by molar-refractivity contribution is 7.99. The van der Waals surface area contributed by atoms with Crippen molar-refractivity contribution in [1.82, 2.24) is 0 Å². The van der Waals surface area contributed by atoms with Gasteiger partial charge >= 0.3 is 0 Å². The normalized spacial score (nSPS) is 32.2. The number of nitrogens with two attached hydrogens (primary N) is 1. The molecular weight excluding hydrogens is 166 g/mol. The van der Waals surface area contributed by atoms with Crippen LogP contribution in [0.25, 0.3) is 0 Å². The lowest BCUT2D eigenvalue weighted by Crippen LogP contribution is -2.29. The van der Waals surface area contributed by atoms with E-state index in [4.69, 9.17) is 5.73 Å². The van der Waals surface area contributed by atoms with E-state index in [-0.39, 0.29) is 0 Å². The van der Waals surface area contributed by atoms with Gasteiger partial charge in [-0.25, -0.2) is 0 Å². The van der Waals surface area contributed by atoms with Crippen LogP contribution in [0.5, 0.6) is 0 Å². The van der Waals surface area contributed by atoms with Crippen LogP contribution in [-0.4, -0.2) is 17.5 Å². The van der Waals surface area contributed by atoms with Crippen molar-refractivity contribution >= 4 is 11.8 Å². The molecule has 0 spiro atoms. The van der Waals surface area contributed by atoms with Gasteiger partial charge in [-0.1, -0.05) is 12.8 Å². The average molecular weight is 185 g/mol. The lowest BCUT2D eigenvalue weighted by Gasteiger charge is -2.17. The van der Waals surface area contributed by atoms with Crippen LogP contribution in [0, 0.1) is 11.8 Å². The molecule has 1 aliphatic heterocycles. The Bertz CT molecular complexity index is 139. The first-order valence-corrected chi connectivity index (χ1v) is 6.35. The SMILES string of the molecule is NC(CCC1CC1)C1CCSC1. The third-order valence-electron chi connectivity index (χ3n) is 3.18. The number of rotatable bonds is 4. The van der Waals surface area contributed by atoms with Crippen LogP contribution >= 0.6 is 11.8 Å². The Balaban J connectivity index is 1.64. The zero-order valence-corrected chi connectivity index (χ0v) is 8.48. The summed E-state index contributed by atoms with van der Waals surface area (Å²) in [6.07, 6.45) is 7.02. The summed E-state index contributed by atoms with van der Waals surface area (Å²) >= 11 is 2.08. The van der Waals surface area contributed by atoms with Gasteiger partial charge in [0.25, 0.3) is 0 Å². The summed E-state index contributed by atoms with van der Waals surface area (Å²) < 4.78 is 0. The van der Waals surface area contributed by atoms with Crippen molar-refractivity contribution in [3.63, 3.8) is 0 Å². The molecule has 12 heavy (non-hydrogen) atoms. The molecule has 0 aromatic carbocycles. The fourth-order valence-electron chi connectivity index (χ4n) is 1.96. The van der Waals surface area contributed by atoms with Crippen LogP contribution in [0.2, 0.25) is 0 Å². The van der Waals surface area contributed by atoms with Crippen molar-refractivity contribution in [2.45, 2.75) is 38.1 Å². The Kier molecular flexibility index (Phi) is 2.97. The molecule has 2 unspecified atom stereocenters. The topological polar surface area (TPSA) is 26.0 Å². The lowest BCUT2D eigenvalue weighted by atomic mass is 9.95. The molecule has 0 amide bonds. The van der Waals surface area contributed by atoms with Gasteiger partial charge in [0.1, 0.15) is 0 Å². The van der Waals surface area contributed by atoms with Gasteiger partial charge in [-0.15, -0.1) is 0 Å². The molecule has 70 valence electrons. The summed E-state index contributed by atoms with van der Waals surface area (Å²) in [4.78, 5) is 0. The van der Waals surface area contributed by atoms with E-state index in [2.05, 4.69) is 11.8 Å². The zero-order valence-electron chi connectivity index (χ0n) is 7.67. The molecule has 0 bridgehead atoms. The predicted octanol–water partition coefficient (Wildman–Crippen LogP) is 2.26. The molecule has 1 aliphatic carbocycles. The summed E-state index contributed by atoms with van der Waals surface area (Å²) in [7, 11) is 0. The van der Waals surface area contributed by atoms with Crippen LogP contribution in [0.15, 0.2) is 0 Å². The Hall–Kier alpha value is 0.310. The number of hydrogen-bond donors (Lipinski definition) is 1. The highest BCUT2D eigenvalue weighted by Crippen LogP contribution is 2.35. The molecule has 2 heteroatoms. The van der Waals surface area contributed by atoms with E-state index in [9.17, 15) is 0 Å². The quantitative estimate of drug-likeness (QED) is 0.727. The molecular formula is C10H19NS. The molecule has 2 N–H and O–H groups in total. The molecule has 0 aromatic rings. The van der Waals surface area contributed by atoms with Crippen molar-refractivity contribution in [2.24, 2.45) is 17.6 Å². The highest BCUT2D eigenvalue weighted by Gasteiger charge is 2.26. The second-order valence-corrected chi connectivity index (χ2v) is 5.46. The second-order valence-electron chi connectivity index (χ2n) is 4.31. The molecule has 1 saturated heterocycles. The molecule has 2 fully saturated rings. The molecule has 2 atom stereocenters. The van der Waals surface area contributed by atoms with Gasteiger partial charge in [-0.05, 0) is 42.6 Å². The van der Waals surface area contributed by atoms with Gasteiger partial charge in [-0.2, -0.15) is 11.8 Å². The molecule has 1 saturated carbocycles. The van der Waals surface area contributed by atoms with Gasteiger partial charge in [-0.3, -0.25) is 0 Å². The smallest absolute Gasteiger partial charge is 0.00754 e. The molecule has 0 aromatic heterocycles. The average Bonchev–Trinajstić information content (AvgIpc) is 2.74. The minimum Gasteiger partial charge on any atom is -0.327 e. The monoisotopic (exact) mass is 185 g/mol. The largest absolute Gasteiger partial charge is 0.327 e. The van der Waals surface area contributed by atoms with Crippen LogP contribution in [0.1, 0.15) is 32.1 Å². The summed E-state index contributed by atoms with van der Waals surface area (Å²) in [5.74, 6) is 4.58. The standard InChI is InChI=1S/C10H19NS/c11-10(4-3-8-1-2-8)9-5-6-12-7-9/h8-10H,1-7,11H2. The summed E-state index contributed by atoms with van der Waals surface area (Å²) in [6, 6.07) is 0.514. The molecule has 2 aliphatic rings. The molecule has 1 nitrogen and oxygen atoms in total. The third kappa shape index (κ3) is 2.40. The Morgan fingerprint density at radius 2 is 2.17 bits per heavy atom. The first kappa shape index (κ1) is 8.89. The van der Waals surface area contributed by atoms with E-state index in [1.807, 2.05) is 0 Å². The van der Waals surface area contributed by atoms with Crippen LogP contribution in [0.4, 0.5) is 0 Å². The Labute approximate surface area is 79.5 Å². The maximum absolute atomic E-state index is 6.14. The van der Waals surface area contributed by atoms with Crippen molar-refractivity contribution in [1.29, 1.82) is 0 Å². The maximum Gasteiger partial charge on any atom is 0.00754 e.